The van der Waals surface area contributed by atoms with Gasteiger partial charge in [-0.25, -0.2) is 4.98 Å². The molecule has 1 radical (unpaired) electrons. The maximum absolute atomic E-state index is 3.86. The Morgan fingerprint density at radius 2 is 2.62 bits per heavy atom. The minimum Gasteiger partial charge on any atom is -0.373 e. The Morgan fingerprint density at radius 1 is 1.75 bits per heavy atom. The van der Waals surface area contributed by atoms with Gasteiger partial charge in [0.15, 0.2) is 0 Å². The summed E-state index contributed by atoms with van der Waals surface area (Å²) in [5.41, 5.74) is 0. The lowest BCUT2D eigenvalue weighted by Gasteiger charge is -1.92. The molecule has 0 saturated carbocycles. The molecule has 0 bridgehead atoms. The molecule has 0 amide bonds. The van der Waals surface area contributed by atoms with Crippen LogP contribution in [-0.2, 0) is 0 Å². The van der Waals surface area contributed by atoms with E-state index in [1.807, 2.05) is 19.2 Å². The second-order valence-corrected chi connectivity index (χ2v) is 1.40. The summed E-state index contributed by atoms with van der Waals surface area (Å²) in [6, 6.07) is 5.54. The summed E-state index contributed by atoms with van der Waals surface area (Å²) in [6.45, 7) is 0. The molecule has 0 atom stereocenters. The topological polar surface area (TPSA) is 24.9 Å². The Kier molecular flexibility index (Phi) is 1.47. The molecule has 1 heterocycles. The van der Waals surface area contributed by atoms with Gasteiger partial charge >= 0.3 is 0 Å². The maximum Gasteiger partial charge on any atom is 0.126 e. The van der Waals surface area contributed by atoms with Crippen LogP contribution in [0.2, 0.25) is 0 Å². The number of pyridine rings is 1. The molecule has 2 heteroatoms. The maximum atomic E-state index is 3.86. The van der Waals surface area contributed by atoms with Gasteiger partial charge in [0.25, 0.3) is 0 Å². The minimum atomic E-state index is 0.854. The first-order valence-electron chi connectivity index (χ1n) is 2.44. The highest BCUT2D eigenvalue weighted by Gasteiger charge is 1.80. The molecule has 1 N–H and O–H groups in total. The van der Waals surface area contributed by atoms with Crippen LogP contribution < -0.4 is 5.32 Å². The van der Waals surface area contributed by atoms with Gasteiger partial charge in [-0.1, -0.05) is 6.07 Å². The molecule has 8 heavy (non-hydrogen) atoms. The second kappa shape index (κ2) is 2.31. The number of hydrogen-bond acceptors (Lipinski definition) is 2. The fourth-order valence-electron chi connectivity index (χ4n) is 0.466. The van der Waals surface area contributed by atoms with E-state index in [1.54, 1.807) is 6.07 Å². The Labute approximate surface area is 48.6 Å². The van der Waals surface area contributed by atoms with Gasteiger partial charge < -0.3 is 5.32 Å². The SMILES string of the molecule is CNc1ccc[c]n1. The van der Waals surface area contributed by atoms with Gasteiger partial charge in [0.05, 0.1) is 6.20 Å². The van der Waals surface area contributed by atoms with Gasteiger partial charge in [-0.15, -0.1) is 0 Å². The van der Waals surface area contributed by atoms with Crippen molar-refractivity contribution in [2.24, 2.45) is 0 Å². The summed E-state index contributed by atoms with van der Waals surface area (Å²) in [5.74, 6) is 0.854. The van der Waals surface area contributed by atoms with Crippen LogP contribution in [0.5, 0.6) is 0 Å². The van der Waals surface area contributed by atoms with Crippen molar-refractivity contribution >= 4 is 5.82 Å². The van der Waals surface area contributed by atoms with E-state index >= 15 is 0 Å². The van der Waals surface area contributed by atoms with E-state index in [0.29, 0.717) is 0 Å². The van der Waals surface area contributed by atoms with Crippen molar-refractivity contribution in [1.29, 1.82) is 0 Å². The number of nitrogens with zero attached hydrogens (tertiary/aromatic N) is 1. The molecular formula is C6H7N2. The van der Waals surface area contributed by atoms with Crippen molar-refractivity contribution in [3.8, 4) is 0 Å². The largest absolute Gasteiger partial charge is 0.373 e. The summed E-state index contributed by atoms with van der Waals surface area (Å²) < 4.78 is 0. The van der Waals surface area contributed by atoms with E-state index in [4.69, 9.17) is 0 Å². The highest BCUT2D eigenvalue weighted by atomic mass is 14.9. The monoisotopic (exact) mass is 107 g/mol. The minimum absolute atomic E-state index is 0.854. The van der Waals surface area contributed by atoms with E-state index in [1.165, 1.54) is 0 Å². The van der Waals surface area contributed by atoms with Gasteiger partial charge in [-0.2, -0.15) is 0 Å². The summed E-state index contributed by atoms with van der Waals surface area (Å²) in [7, 11) is 1.83. The summed E-state index contributed by atoms with van der Waals surface area (Å²) in [5, 5.41) is 2.88. The molecule has 0 aliphatic heterocycles. The third-order valence-electron chi connectivity index (χ3n) is 0.866. The van der Waals surface area contributed by atoms with Gasteiger partial charge in [-0.3, -0.25) is 0 Å². The van der Waals surface area contributed by atoms with Crippen LogP contribution in [0.25, 0.3) is 0 Å². The molecule has 41 valence electrons. The van der Waals surface area contributed by atoms with Crippen molar-refractivity contribution in [3.05, 3.63) is 24.4 Å². The van der Waals surface area contributed by atoms with Crippen LogP contribution in [0, 0.1) is 6.20 Å². The molecule has 0 spiro atoms. The average Bonchev–Trinajstić information content (AvgIpc) is 1.90. The molecule has 0 aromatic carbocycles. The Bertz CT molecular complexity index is 148. The van der Waals surface area contributed by atoms with Crippen molar-refractivity contribution in [2.45, 2.75) is 0 Å². The first-order valence-corrected chi connectivity index (χ1v) is 2.44. The molecule has 1 aromatic heterocycles. The van der Waals surface area contributed by atoms with E-state index in [0.717, 1.165) is 5.82 Å². The van der Waals surface area contributed by atoms with E-state index in [-0.39, 0.29) is 0 Å². The zero-order valence-corrected chi connectivity index (χ0v) is 4.68. The molecule has 0 unspecified atom stereocenters. The molecule has 0 aliphatic carbocycles. The number of nitrogens with one attached hydrogen (secondary N) is 1. The first kappa shape index (κ1) is 5.09. The number of hydrogen-bond donors (Lipinski definition) is 1. The zero-order chi connectivity index (χ0) is 5.82. The Morgan fingerprint density at radius 3 is 3.00 bits per heavy atom. The van der Waals surface area contributed by atoms with Crippen molar-refractivity contribution in [1.82, 2.24) is 4.98 Å². The van der Waals surface area contributed by atoms with Crippen LogP contribution >= 0.6 is 0 Å². The number of rotatable bonds is 1. The van der Waals surface area contributed by atoms with Crippen LogP contribution in [0.1, 0.15) is 0 Å². The molecule has 0 fully saturated rings. The van der Waals surface area contributed by atoms with Crippen LogP contribution in [-0.4, -0.2) is 12.0 Å². The van der Waals surface area contributed by atoms with E-state index in [9.17, 15) is 0 Å². The third kappa shape index (κ3) is 0.964. The molecule has 1 aromatic rings. The quantitative estimate of drug-likeness (QED) is 0.577. The Balaban J connectivity index is 2.83. The van der Waals surface area contributed by atoms with Crippen molar-refractivity contribution in [3.63, 3.8) is 0 Å². The van der Waals surface area contributed by atoms with Crippen molar-refractivity contribution in [2.75, 3.05) is 12.4 Å². The smallest absolute Gasteiger partial charge is 0.126 e. The fraction of sp³-hybridized carbons (Fsp3) is 0.167. The van der Waals surface area contributed by atoms with Crippen LogP contribution in [0.15, 0.2) is 18.2 Å². The predicted molar refractivity (Wildman–Crippen MR) is 32.6 cm³/mol. The summed E-state index contributed by atoms with van der Waals surface area (Å²) >= 11 is 0. The zero-order valence-electron chi connectivity index (χ0n) is 4.68. The summed E-state index contributed by atoms with van der Waals surface area (Å²) in [6.07, 6.45) is 2.70. The summed E-state index contributed by atoms with van der Waals surface area (Å²) in [4.78, 5) is 3.86. The highest BCUT2D eigenvalue weighted by molar-refractivity contribution is 5.31. The van der Waals surface area contributed by atoms with Crippen LogP contribution in [0.4, 0.5) is 5.82 Å². The lowest BCUT2D eigenvalue weighted by molar-refractivity contribution is 1.28. The van der Waals surface area contributed by atoms with E-state index in [2.05, 4.69) is 16.5 Å². The lowest BCUT2D eigenvalue weighted by Crippen LogP contribution is -1.88. The van der Waals surface area contributed by atoms with Gasteiger partial charge in [-0.05, 0) is 12.1 Å². The second-order valence-electron chi connectivity index (χ2n) is 1.40. The first-order chi connectivity index (χ1) is 3.93. The third-order valence-corrected chi connectivity index (χ3v) is 0.866. The molecular weight excluding hydrogens is 100 g/mol. The Hall–Kier alpha value is -1.05. The number of anilines is 1. The molecule has 1 rings (SSSR count). The van der Waals surface area contributed by atoms with Gasteiger partial charge in [0, 0.05) is 7.05 Å². The standard InChI is InChI=1S/C6H7N2/c1-7-6-4-2-3-5-8-6/h2-4H,1H3,(H,7,8). The lowest BCUT2D eigenvalue weighted by atomic mass is 10.5. The van der Waals surface area contributed by atoms with Gasteiger partial charge in [0.1, 0.15) is 5.82 Å². The van der Waals surface area contributed by atoms with Crippen LogP contribution in [0.3, 0.4) is 0 Å². The molecule has 0 saturated heterocycles. The highest BCUT2D eigenvalue weighted by Crippen LogP contribution is 1.94. The fourth-order valence-corrected chi connectivity index (χ4v) is 0.466. The van der Waals surface area contributed by atoms with Crippen molar-refractivity contribution < 1.29 is 0 Å². The van der Waals surface area contributed by atoms with E-state index < -0.39 is 0 Å². The predicted octanol–water partition coefficient (Wildman–Crippen LogP) is 0.923. The van der Waals surface area contributed by atoms with Gasteiger partial charge in [0.2, 0.25) is 0 Å². The number of aromatic nitrogens is 1. The molecule has 0 aliphatic rings. The molecule has 2 nitrogen and oxygen atoms in total. The average molecular weight is 107 g/mol. The normalized spacial score (nSPS) is 8.62.